The van der Waals surface area contributed by atoms with E-state index in [1.807, 2.05) is 0 Å². The number of hydrogen-bond donors (Lipinski definition) is 1. The van der Waals surface area contributed by atoms with E-state index < -0.39 is 5.82 Å². The molecule has 0 fully saturated rings. The van der Waals surface area contributed by atoms with Crippen molar-refractivity contribution in [2.75, 3.05) is 5.73 Å². The highest BCUT2D eigenvalue weighted by atomic mass is 19.1. The maximum absolute atomic E-state index is 12.8. The Labute approximate surface area is 78.8 Å². The van der Waals surface area contributed by atoms with E-state index in [-0.39, 0.29) is 5.95 Å². The van der Waals surface area contributed by atoms with Gasteiger partial charge in [-0.3, -0.25) is 4.98 Å². The highest BCUT2D eigenvalue weighted by Gasteiger charge is 2.02. The minimum atomic E-state index is -0.431. The summed E-state index contributed by atoms with van der Waals surface area (Å²) >= 11 is 0. The summed E-state index contributed by atoms with van der Waals surface area (Å²) in [6.45, 7) is 0. The van der Waals surface area contributed by atoms with Crippen molar-refractivity contribution < 1.29 is 4.39 Å². The Balaban J connectivity index is 2.49. The molecule has 2 N–H and O–H groups in total. The highest BCUT2D eigenvalue weighted by molar-refractivity contribution is 5.57. The lowest BCUT2D eigenvalue weighted by atomic mass is 10.2. The summed E-state index contributed by atoms with van der Waals surface area (Å²) in [6, 6.07) is 1.30. The van der Waals surface area contributed by atoms with Crippen LogP contribution in [0.25, 0.3) is 11.3 Å². The van der Waals surface area contributed by atoms with Crippen LogP contribution in [-0.4, -0.2) is 20.2 Å². The van der Waals surface area contributed by atoms with E-state index in [1.54, 1.807) is 0 Å². The van der Waals surface area contributed by atoms with Gasteiger partial charge >= 0.3 is 0 Å². The molecule has 0 unspecified atom stereocenters. The number of nitrogens with two attached hydrogens (primary N) is 1. The van der Waals surface area contributed by atoms with Crippen molar-refractivity contribution in [2.45, 2.75) is 0 Å². The second kappa shape index (κ2) is 3.33. The van der Waals surface area contributed by atoms with Crippen LogP contribution in [0.2, 0.25) is 0 Å². The Morgan fingerprint density at radius 1 is 1.21 bits per heavy atom. The molecule has 2 aromatic heterocycles. The molecule has 14 heavy (non-hydrogen) atoms. The van der Waals surface area contributed by atoms with E-state index >= 15 is 0 Å². The zero-order valence-electron chi connectivity index (χ0n) is 7.05. The molecule has 0 aliphatic carbocycles. The third-order valence-electron chi connectivity index (χ3n) is 1.58. The topological polar surface area (TPSA) is 77.6 Å². The number of aromatic nitrogens is 4. The smallest absolute Gasteiger partial charge is 0.240 e. The van der Waals surface area contributed by atoms with Crippen molar-refractivity contribution in [1.29, 1.82) is 0 Å². The number of anilines is 1. The maximum Gasteiger partial charge on any atom is 0.240 e. The number of halogens is 1. The van der Waals surface area contributed by atoms with Crippen LogP contribution < -0.4 is 5.73 Å². The molecule has 0 aliphatic heterocycles. The summed E-state index contributed by atoms with van der Waals surface area (Å²) in [5.74, 6) is -0.383. The zero-order chi connectivity index (χ0) is 9.97. The monoisotopic (exact) mass is 191 g/mol. The first-order valence-corrected chi connectivity index (χ1v) is 3.82. The van der Waals surface area contributed by atoms with Gasteiger partial charge < -0.3 is 5.73 Å². The molecule has 6 heteroatoms. The summed E-state index contributed by atoms with van der Waals surface area (Å²) < 4.78 is 12.8. The Morgan fingerprint density at radius 3 is 2.79 bits per heavy atom. The first-order valence-electron chi connectivity index (χ1n) is 3.82. The fraction of sp³-hybridized carbons (Fsp3) is 0. The second-order valence-corrected chi connectivity index (χ2v) is 2.59. The zero-order valence-corrected chi connectivity index (χ0v) is 7.05. The van der Waals surface area contributed by atoms with Crippen LogP contribution in [0.1, 0.15) is 0 Å². The van der Waals surface area contributed by atoms with Crippen LogP contribution in [0.15, 0.2) is 24.7 Å². The van der Waals surface area contributed by atoms with Gasteiger partial charge in [0.15, 0.2) is 0 Å². The molecule has 5 nitrogen and oxygen atoms in total. The van der Waals surface area contributed by atoms with E-state index in [9.17, 15) is 4.39 Å². The average molecular weight is 191 g/mol. The fourth-order valence-corrected chi connectivity index (χ4v) is 1.01. The molecule has 0 saturated carbocycles. The van der Waals surface area contributed by atoms with Gasteiger partial charge in [-0.1, -0.05) is 0 Å². The fourth-order valence-electron chi connectivity index (χ4n) is 1.01. The first kappa shape index (κ1) is 8.49. The molecule has 0 amide bonds. The lowest BCUT2D eigenvalue weighted by molar-refractivity contribution is 0.622. The molecule has 0 radical (unpaired) electrons. The van der Waals surface area contributed by atoms with E-state index in [4.69, 9.17) is 5.73 Å². The normalized spacial score (nSPS) is 10.1. The van der Waals surface area contributed by atoms with Crippen LogP contribution in [0.4, 0.5) is 10.3 Å². The number of hydrogen-bond acceptors (Lipinski definition) is 5. The lowest BCUT2D eigenvalue weighted by Gasteiger charge is -1.98. The molecule has 0 spiro atoms. The largest absolute Gasteiger partial charge is 0.366 e. The van der Waals surface area contributed by atoms with E-state index in [2.05, 4.69) is 20.2 Å². The van der Waals surface area contributed by atoms with Gasteiger partial charge in [0.25, 0.3) is 0 Å². The van der Waals surface area contributed by atoms with Crippen LogP contribution in [0.5, 0.6) is 0 Å². The summed E-state index contributed by atoms with van der Waals surface area (Å²) in [5.41, 5.74) is 6.30. The molecule has 0 atom stereocenters. The molecule has 2 aromatic rings. The van der Waals surface area contributed by atoms with Crippen molar-refractivity contribution in [1.82, 2.24) is 20.2 Å². The Bertz CT molecular complexity index is 415. The minimum absolute atomic E-state index is 0.0479. The number of nitrogen functional groups attached to an aromatic ring is 1. The Kier molecular flexibility index (Phi) is 2.02. The molecule has 70 valence electrons. The summed E-state index contributed by atoms with van der Waals surface area (Å²) in [7, 11) is 0. The predicted molar refractivity (Wildman–Crippen MR) is 47.4 cm³/mol. The minimum Gasteiger partial charge on any atom is -0.366 e. The molecular formula is C8H6FN5. The SMILES string of the molecule is Nc1nncc(-c2cncc(F)c2)n1. The van der Waals surface area contributed by atoms with Crippen molar-refractivity contribution >= 4 is 5.95 Å². The Morgan fingerprint density at radius 2 is 2.07 bits per heavy atom. The molecule has 0 saturated heterocycles. The molecular weight excluding hydrogens is 185 g/mol. The third kappa shape index (κ3) is 1.63. The second-order valence-electron chi connectivity index (χ2n) is 2.59. The van der Waals surface area contributed by atoms with Crippen LogP contribution in [-0.2, 0) is 0 Å². The highest BCUT2D eigenvalue weighted by Crippen LogP contribution is 2.15. The number of pyridine rings is 1. The molecule has 0 aliphatic rings. The van der Waals surface area contributed by atoms with E-state index in [1.165, 1.54) is 18.5 Å². The lowest BCUT2D eigenvalue weighted by Crippen LogP contribution is -1.98. The standard InChI is InChI=1S/C8H6FN5/c9-6-1-5(2-11-3-6)7-4-12-14-8(10)13-7/h1-4H,(H2,10,13,14). The van der Waals surface area contributed by atoms with Crippen molar-refractivity contribution in [2.24, 2.45) is 0 Å². The maximum atomic E-state index is 12.8. The van der Waals surface area contributed by atoms with Gasteiger partial charge in [-0.25, -0.2) is 9.37 Å². The van der Waals surface area contributed by atoms with Crippen molar-refractivity contribution in [3.63, 3.8) is 0 Å². The Hall–Kier alpha value is -2.11. The van der Waals surface area contributed by atoms with Gasteiger partial charge in [0, 0.05) is 11.8 Å². The van der Waals surface area contributed by atoms with Gasteiger partial charge in [-0.05, 0) is 6.07 Å². The van der Waals surface area contributed by atoms with Crippen LogP contribution >= 0.6 is 0 Å². The third-order valence-corrected chi connectivity index (χ3v) is 1.58. The van der Waals surface area contributed by atoms with Gasteiger partial charge in [-0.2, -0.15) is 5.10 Å². The summed E-state index contributed by atoms with van der Waals surface area (Å²) in [5, 5.41) is 7.09. The average Bonchev–Trinajstić information content (AvgIpc) is 2.18. The van der Waals surface area contributed by atoms with E-state index in [0.717, 1.165) is 6.20 Å². The molecule has 2 heterocycles. The van der Waals surface area contributed by atoms with Crippen molar-refractivity contribution in [3.05, 3.63) is 30.5 Å². The molecule has 0 bridgehead atoms. The molecule has 0 aromatic carbocycles. The molecule has 2 rings (SSSR count). The number of nitrogens with zero attached hydrogens (tertiary/aromatic N) is 4. The van der Waals surface area contributed by atoms with Gasteiger partial charge in [0.05, 0.1) is 18.1 Å². The van der Waals surface area contributed by atoms with Gasteiger partial charge in [-0.15, -0.1) is 5.10 Å². The number of rotatable bonds is 1. The van der Waals surface area contributed by atoms with Gasteiger partial charge in [0.1, 0.15) is 5.82 Å². The van der Waals surface area contributed by atoms with Crippen LogP contribution in [0.3, 0.4) is 0 Å². The first-order chi connectivity index (χ1) is 6.75. The van der Waals surface area contributed by atoms with Crippen molar-refractivity contribution in [3.8, 4) is 11.3 Å². The summed E-state index contributed by atoms with van der Waals surface area (Å²) in [4.78, 5) is 7.57. The summed E-state index contributed by atoms with van der Waals surface area (Å²) in [6.07, 6.45) is 3.99. The predicted octanol–water partition coefficient (Wildman–Crippen LogP) is 0.655. The quantitative estimate of drug-likeness (QED) is 0.716. The van der Waals surface area contributed by atoms with Crippen LogP contribution in [0, 0.1) is 5.82 Å². The van der Waals surface area contributed by atoms with E-state index in [0.29, 0.717) is 11.3 Å². The van der Waals surface area contributed by atoms with Gasteiger partial charge in [0.2, 0.25) is 5.95 Å².